The fraction of sp³-hybridized carbons (Fsp3) is 0.100. The molecular weight excluding hydrogens is 498 g/mol. The SMILES string of the molecule is CC(C)c1ccc(-n2c(O)c(C(=O)c3ccco3)c3c2nc(-c2ccco2)[n+]2c4ccccc4sc32)cc1. The van der Waals surface area contributed by atoms with Crippen LogP contribution >= 0.6 is 11.3 Å². The number of nitrogens with zero attached hydrogens (tertiary/aromatic N) is 3. The number of hydrogen-bond donors (Lipinski definition) is 1. The third kappa shape index (κ3) is 3.23. The van der Waals surface area contributed by atoms with Crippen molar-refractivity contribution in [2.75, 3.05) is 0 Å². The number of aromatic hydroxyl groups is 1. The van der Waals surface area contributed by atoms with Gasteiger partial charge < -0.3 is 13.9 Å². The highest BCUT2D eigenvalue weighted by Crippen LogP contribution is 2.40. The summed E-state index contributed by atoms with van der Waals surface area (Å²) in [6.45, 7) is 4.26. The zero-order valence-electron chi connectivity index (χ0n) is 20.6. The highest BCUT2D eigenvalue weighted by atomic mass is 32.1. The molecule has 0 unspecified atom stereocenters. The molecule has 5 heterocycles. The lowest BCUT2D eigenvalue weighted by atomic mass is 10.0. The first-order valence-corrected chi connectivity index (χ1v) is 13.1. The van der Waals surface area contributed by atoms with Crippen molar-refractivity contribution in [2.24, 2.45) is 0 Å². The van der Waals surface area contributed by atoms with Crippen LogP contribution in [0.3, 0.4) is 0 Å². The maximum Gasteiger partial charge on any atom is 0.374 e. The second-order valence-electron chi connectivity index (χ2n) is 9.41. The number of carbonyl (C=O) groups is 1. The number of benzene rings is 2. The van der Waals surface area contributed by atoms with Gasteiger partial charge in [-0.3, -0.25) is 4.79 Å². The van der Waals surface area contributed by atoms with Gasteiger partial charge in [0.2, 0.25) is 22.3 Å². The van der Waals surface area contributed by atoms with Crippen LogP contribution in [0.5, 0.6) is 5.88 Å². The number of aromatic nitrogens is 3. The Morgan fingerprint density at radius 3 is 2.45 bits per heavy atom. The highest BCUT2D eigenvalue weighted by Gasteiger charge is 2.36. The van der Waals surface area contributed by atoms with Gasteiger partial charge in [0.05, 0.1) is 22.9 Å². The van der Waals surface area contributed by atoms with E-state index >= 15 is 0 Å². The van der Waals surface area contributed by atoms with E-state index in [9.17, 15) is 9.90 Å². The van der Waals surface area contributed by atoms with Crippen LogP contribution < -0.4 is 4.40 Å². The summed E-state index contributed by atoms with van der Waals surface area (Å²) in [7, 11) is 0. The van der Waals surface area contributed by atoms with E-state index in [0.717, 1.165) is 15.0 Å². The van der Waals surface area contributed by atoms with E-state index in [4.69, 9.17) is 13.8 Å². The molecule has 0 amide bonds. The number of furan rings is 2. The van der Waals surface area contributed by atoms with Crippen molar-refractivity contribution in [3.05, 3.63) is 102 Å². The largest absolute Gasteiger partial charge is 0.494 e. The van der Waals surface area contributed by atoms with Crippen LogP contribution in [0.25, 0.3) is 43.4 Å². The lowest BCUT2D eigenvalue weighted by Gasteiger charge is -2.08. The molecule has 0 aliphatic carbocycles. The summed E-state index contributed by atoms with van der Waals surface area (Å²) in [6, 6.07) is 22.8. The molecule has 5 aromatic heterocycles. The summed E-state index contributed by atoms with van der Waals surface area (Å²) in [6.07, 6.45) is 3.06. The first-order valence-electron chi connectivity index (χ1n) is 12.3. The average molecular weight is 521 g/mol. The minimum Gasteiger partial charge on any atom is -0.494 e. The molecule has 186 valence electrons. The molecule has 0 saturated carbocycles. The Kier molecular flexibility index (Phi) is 4.99. The number of fused-ring (bicyclic) bond motifs is 5. The van der Waals surface area contributed by atoms with Crippen LogP contribution in [0.1, 0.15) is 41.4 Å². The van der Waals surface area contributed by atoms with E-state index in [-0.39, 0.29) is 17.2 Å². The Bertz CT molecular complexity index is 1960. The highest BCUT2D eigenvalue weighted by molar-refractivity contribution is 7.24. The molecule has 7 nitrogen and oxygen atoms in total. The molecule has 0 spiro atoms. The Labute approximate surface area is 220 Å². The van der Waals surface area contributed by atoms with Crippen molar-refractivity contribution in [2.45, 2.75) is 19.8 Å². The zero-order chi connectivity index (χ0) is 26.0. The smallest absolute Gasteiger partial charge is 0.374 e. The molecule has 2 aromatic carbocycles. The number of thiazole rings is 1. The lowest BCUT2D eigenvalue weighted by molar-refractivity contribution is -0.467. The summed E-state index contributed by atoms with van der Waals surface area (Å²) >= 11 is 1.53. The second-order valence-corrected chi connectivity index (χ2v) is 10.4. The monoisotopic (exact) mass is 520 g/mol. The van der Waals surface area contributed by atoms with Gasteiger partial charge in [0, 0.05) is 0 Å². The molecule has 0 aliphatic rings. The predicted octanol–water partition coefficient (Wildman–Crippen LogP) is 6.89. The van der Waals surface area contributed by atoms with Gasteiger partial charge in [-0.1, -0.05) is 49.4 Å². The Morgan fingerprint density at radius 2 is 1.74 bits per heavy atom. The van der Waals surface area contributed by atoms with Crippen LogP contribution in [-0.2, 0) is 0 Å². The normalized spacial score (nSPS) is 11.9. The van der Waals surface area contributed by atoms with Crippen molar-refractivity contribution in [3.8, 4) is 23.2 Å². The van der Waals surface area contributed by atoms with E-state index in [1.54, 1.807) is 23.0 Å². The topological polar surface area (TPSA) is 85.5 Å². The molecule has 0 saturated heterocycles. The van der Waals surface area contributed by atoms with Gasteiger partial charge in [0.25, 0.3) is 5.65 Å². The molecule has 0 radical (unpaired) electrons. The van der Waals surface area contributed by atoms with Gasteiger partial charge in [0.15, 0.2) is 11.3 Å². The standard InChI is InChI=1S/C30H21N3O4S/c1-17(2)18-11-13-19(14-12-18)32-28-25(24(29(32)35)26(34)21-8-5-15-36-21)30-33(20-7-3-4-10-23(20)38-30)27(31-28)22-9-6-16-37-22/h3-17H,1-2H3/p+1. The van der Waals surface area contributed by atoms with Crippen molar-refractivity contribution >= 4 is 43.2 Å². The van der Waals surface area contributed by atoms with Crippen molar-refractivity contribution in [1.29, 1.82) is 0 Å². The summed E-state index contributed by atoms with van der Waals surface area (Å²) in [5.41, 5.74) is 3.39. The third-order valence-corrected chi connectivity index (χ3v) is 7.95. The van der Waals surface area contributed by atoms with Gasteiger partial charge in [-0.05, 0) is 65.0 Å². The maximum atomic E-state index is 13.8. The number of para-hydroxylation sites is 1. The zero-order valence-corrected chi connectivity index (χ0v) is 21.4. The van der Waals surface area contributed by atoms with Gasteiger partial charge >= 0.3 is 5.82 Å². The van der Waals surface area contributed by atoms with E-state index < -0.39 is 5.78 Å². The molecule has 0 bridgehead atoms. The van der Waals surface area contributed by atoms with Crippen LogP contribution in [0.4, 0.5) is 0 Å². The van der Waals surface area contributed by atoms with Gasteiger partial charge in [-0.15, -0.1) is 0 Å². The molecule has 0 fully saturated rings. The second kappa shape index (κ2) is 8.43. The molecule has 8 heteroatoms. The first-order chi connectivity index (χ1) is 18.5. The molecular formula is C30H22N3O4S+. The summed E-state index contributed by atoms with van der Waals surface area (Å²) in [5, 5.41) is 12.3. The maximum absolute atomic E-state index is 13.8. The fourth-order valence-electron chi connectivity index (χ4n) is 4.94. The van der Waals surface area contributed by atoms with Gasteiger partial charge in [-0.2, -0.15) is 4.40 Å². The van der Waals surface area contributed by atoms with Crippen LogP contribution in [0, 0.1) is 0 Å². The third-order valence-electron chi connectivity index (χ3n) is 6.81. The molecule has 0 atom stereocenters. The minimum absolute atomic E-state index is 0.142. The predicted molar refractivity (Wildman–Crippen MR) is 145 cm³/mol. The minimum atomic E-state index is -0.415. The van der Waals surface area contributed by atoms with Crippen molar-refractivity contribution in [1.82, 2.24) is 9.55 Å². The first kappa shape index (κ1) is 22.5. The summed E-state index contributed by atoms with van der Waals surface area (Å²) in [5.74, 6) is 1.04. The van der Waals surface area contributed by atoms with Crippen molar-refractivity contribution < 1.29 is 23.1 Å². The molecule has 1 N–H and O–H groups in total. The number of hydrogen-bond acceptors (Lipinski definition) is 6. The van der Waals surface area contributed by atoms with Gasteiger partial charge in [0.1, 0.15) is 10.9 Å². The Morgan fingerprint density at radius 1 is 0.974 bits per heavy atom. The quantitative estimate of drug-likeness (QED) is 0.197. The average Bonchev–Trinajstić information content (AvgIpc) is 3.73. The van der Waals surface area contributed by atoms with Crippen LogP contribution in [-0.4, -0.2) is 20.4 Å². The molecule has 7 aromatic rings. The lowest BCUT2D eigenvalue weighted by Crippen LogP contribution is -2.25. The van der Waals surface area contributed by atoms with E-state index in [0.29, 0.717) is 34.2 Å². The number of rotatable bonds is 5. The number of ketones is 1. The van der Waals surface area contributed by atoms with Crippen LogP contribution in [0.15, 0.2) is 94.2 Å². The summed E-state index contributed by atoms with van der Waals surface area (Å²) < 4.78 is 15.9. The van der Waals surface area contributed by atoms with E-state index in [1.165, 1.54) is 23.2 Å². The van der Waals surface area contributed by atoms with Gasteiger partial charge in [-0.25, -0.2) is 4.57 Å². The Balaban J connectivity index is 1.66. The summed E-state index contributed by atoms with van der Waals surface area (Å²) in [4.78, 5) is 19.6. The van der Waals surface area contributed by atoms with Crippen LogP contribution in [0.2, 0.25) is 0 Å². The number of carbonyl (C=O) groups excluding carboxylic acids is 1. The fourth-order valence-corrected chi connectivity index (χ4v) is 6.13. The molecule has 38 heavy (non-hydrogen) atoms. The van der Waals surface area contributed by atoms with Crippen molar-refractivity contribution in [3.63, 3.8) is 0 Å². The Hall–Kier alpha value is -4.69. The van der Waals surface area contributed by atoms with E-state index in [1.807, 2.05) is 65.1 Å². The van der Waals surface area contributed by atoms with E-state index in [2.05, 4.69) is 13.8 Å². The molecule has 7 rings (SSSR count). The molecule has 0 aliphatic heterocycles.